The molecule has 2 atom stereocenters. The van der Waals surface area contributed by atoms with Crippen LogP contribution in [0.5, 0.6) is 11.5 Å². The van der Waals surface area contributed by atoms with Crippen LogP contribution in [0.4, 0.5) is 14.5 Å². The lowest BCUT2D eigenvalue weighted by molar-refractivity contribution is -0.144. The standard InChI is InChI=1S/C21H18F2N2O6/c1-29-15-7-4-11-17(18(15)30-2)21(28)31-20(11)25-14(6-8-16(25)26)19(27)24-10-3-5-12(22)13(23)9-10/h3-5,7,9,14,20H,6,8H2,1-2H3,(H,24,27)/t14-,20?/m0/s1. The van der Waals surface area contributed by atoms with Crippen molar-refractivity contribution < 1.29 is 37.4 Å². The van der Waals surface area contributed by atoms with Gasteiger partial charge in [0, 0.05) is 23.7 Å². The molecule has 2 aromatic rings. The first-order valence-electron chi connectivity index (χ1n) is 9.38. The number of hydrogen-bond donors (Lipinski definition) is 1. The van der Waals surface area contributed by atoms with Crippen molar-refractivity contribution in [3.8, 4) is 11.5 Å². The van der Waals surface area contributed by atoms with Gasteiger partial charge in [-0.1, -0.05) is 0 Å². The normalized spacial score (nSPS) is 19.8. The molecule has 0 radical (unpaired) electrons. The maximum atomic E-state index is 13.5. The third kappa shape index (κ3) is 3.43. The molecule has 1 fully saturated rings. The summed E-state index contributed by atoms with van der Waals surface area (Å²) in [5.74, 6) is -3.38. The summed E-state index contributed by atoms with van der Waals surface area (Å²) in [6.07, 6.45) is -0.893. The van der Waals surface area contributed by atoms with Gasteiger partial charge in [-0.2, -0.15) is 0 Å². The number of fused-ring (bicyclic) bond motifs is 1. The van der Waals surface area contributed by atoms with Gasteiger partial charge in [0.15, 0.2) is 23.1 Å². The van der Waals surface area contributed by atoms with Crippen LogP contribution in [0.3, 0.4) is 0 Å². The number of cyclic esters (lactones) is 1. The molecule has 31 heavy (non-hydrogen) atoms. The molecule has 0 bridgehead atoms. The van der Waals surface area contributed by atoms with Gasteiger partial charge in [-0.25, -0.2) is 13.6 Å². The maximum absolute atomic E-state index is 13.5. The number of likely N-dealkylation sites (tertiary alicyclic amines) is 1. The van der Waals surface area contributed by atoms with Gasteiger partial charge in [0.2, 0.25) is 18.0 Å². The smallest absolute Gasteiger partial charge is 0.344 e. The van der Waals surface area contributed by atoms with E-state index in [1.807, 2.05) is 0 Å². The van der Waals surface area contributed by atoms with Gasteiger partial charge in [0.25, 0.3) is 0 Å². The number of hydrogen-bond acceptors (Lipinski definition) is 6. The number of amides is 2. The molecule has 162 valence electrons. The lowest BCUT2D eigenvalue weighted by atomic mass is 10.1. The van der Waals surface area contributed by atoms with Crippen LogP contribution in [0.15, 0.2) is 30.3 Å². The van der Waals surface area contributed by atoms with E-state index in [1.165, 1.54) is 25.2 Å². The van der Waals surface area contributed by atoms with Crippen molar-refractivity contribution >= 4 is 23.5 Å². The van der Waals surface area contributed by atoms with Gasteiger partial charge in [-0.15, -0.1) is 0 Å². The Morgan fingerprint density at radius 3 is 2.58 bits per heavy atom. The second-order valence-corrected chi connectivity index (χ2v) is 7.00. The zero-order chi connectivity index (χ0) is 22.3. The molecule has 2 aliphatic heterocycles. The molecule has 10 heteroatoms. The first-order chi connectivity index (χ1) is 14.8. The number of carbonyl (C=O) groups is 3. The summed E-state index contributed by atoms with van der Waals surface area (Å²) in [6.45, 7) is 0. The topological polar surface area (TPSA) is 94.2 Å². The second-order valence-electron chi connectivity index (χ2n) is 7.00. The molecule has 1 saturated heterocycles. The van der Waals surface area contributed by atoms with Gasteiger partial charge in [-0.05, 0) is 30.7 Å². The summed E-state index contributed by atoms with van der Waals surface area (Å²) < 4.78 is 42.5. The first kappa shape index (κ1) is 20.6. The predicted molar refractivity (Wildman–Crippen MR) is 103 cm³/mol. The molecule has 2 aliphatic rings. The van der Waals surface area contributed by atoms with Crippen LogP contribution >= 0.6 is 0 Å². The van der Waals surface area contributed by atoms with Crippen LogP contribution in [-0.4, -0.2) is 42.9 Å². The monoisotopic (exact) mass is 432 g/mol. The number of nitrogens with one attached hydrogen (secondary N) is 1. The molecule has 1 N–H and O–H groups in total. The fourth-order valence-corrected chi connectivity index (χ4v) is 3.84. The molecule has 0 saturated carbocycles. The molecule has 2 amide bonds. The van der Waals surface area contributed by atoms with Crippen molar-refractivity contribution in [2.75, 3.05) is 19.5 Å². The highest BCUT2D eigenvalue weighted by atomic mass is 19.2. The minimum absolute atomic E-state index is 0.0402. The largest absolute Gasteiger partial charge is 0.493 e. The van der Waals surface area contributed by atoms with E-state index in [1.54, 1.807) is 12.1 Å². The van der Waals surface area contributed by atoms with Gasteiger partial charge >= 0.3 is 5.97 Å². The van der Waals surface area contributed by atoms with E-state index in [-0.39, 0.29) is 35.7 Å². The molecular formula is C21H18F2N2O6. The van der Waals surface area contributed by atoms with E-state index < -0.39 is 35.8 Å². The predicted octanol–water partition coefficient (Wildman–Crippen LogP) is 2.78. The van der Waals surface area contributed by atoms with E-state index >= 15 is 0 Å². The van der Waals surface area contributed by atoms with Crippen molar-refractivity contribution in [1.82, 2.24) is 4.90 Å². The van der Waals surface area contributed by atoms with Crippen molar-refractivity contribution in [3.05, 3.63) is 53.1 Å². The maximum Gasteiger partial charge on any atom is 0.344 e. The summed E-state index contributed by atoms with van der Waals surface area (Å²) in [5, 5.41) is 2.48. The van der Waals surface area contributed by atoms with E-state index in [0.29, 0.717) is 11.3 Å². The molecule has 0 aromatic heterocycles. The van der Waals surface area contributed by atoms with Crippen LogP contribution in [0.2, 0.25) is 0 Å². The Hall–Kier alpha value is -3.69. The average molecular weight is 432 g/mol. The average Bonchev–Trinajstić information content (AvgIpc) is 3.29. The number of halogens is 2. The van der Waals surface area contributed by atoms with Crippen molar-refractivity contribution in [1.29, 1.82) is 0 Å². The lowest BCUT2D eigenvalue weighted by Crippen LogP contribution is -2.43. The quantitative estimate of drug-likeness (QED) is 0.731. The molecule has 1 unspecified atom stereocenters. The number of benzene rings is 2. The summed E-state index contributed by atoms with van der Waals surface area (Å²) in [7, 11) is 2.79. The van der Waals surface area contributed by atoms with Crippen LogP contribution in [-0.2, 0) is 14.3 Å². The SMILES string of the molecule is COc1ccc2c(c1OC)C(=O)OC2N1C(=O)CC[C@H]1C(=O)Nc1ccc(F)c(F)c1. The second kappa shape index (κ2) is 7.86. The summed E-state index contributed by atoms with van der Waals surface area (Å²) >= 11 is 0. The zero-order valence-electron chi connectivity index (χ0n) is 16.6. The van der Waals surface area contributed by atoms with Crippen molar-refractivity contribution in [2.24, 2.45) is 0 Å². The number of nitrogens with zero attached hydrogens (tertiary/aromatic N) is 1. The molecule has 8 nitrogen and oxygen atoms in total. The van der Waals surface area contributed by atoms with Gasteiger partial charge in [0.05, 0.1) is 14.2 Å². The van der Waals surface area contributed by atoms with Crippen LogP contribution in [0.1, 0.15) is 35.0 Å². The minimum Gasteiger partial charge on any atom is -0.493 e. The summed E-state index contributed by atoms with van der Waals surface area (Å²) in [5.41, 5.74) is 0.522. The Labute approximate surface area is 175 Å². The number of methoxy groups -OCH3 is 2. The van der Waals surface area contributed by atoms with Crippen molar-refractivity contribution in [2.45, 2.75) is 25.1 Å². The highest BCUT2D eigenvalue weighted by Gasteiger charge is 2.47. The molecule has 2 heterocycles. The van der Waals surface area contributed by atoms with E-state index in [4.69, 9.17) is 14.2 Å². The molecular weight excluding hydrogens is 414 g/mol. The fraction of sp³-hybridized carbons (Fsp3) is 0.286. The summed E-state index contributed by atoms with van der Waals surface area (Å²) in [6, 6.07) is 5.11. The molecule has 2 aromatic carbocycles. The molecule has 0 aliphatic carbocycles. The third-order valence-corrected chi connectivity index (χ3v) is 5.26. The fourth-order valence-electron chi connectivity index (χ4n) is 3.84. The van der Waals surface area contributed by atoms with Crippen LogP contribution in [0, 0.1) is 11.6 Å². The first-order valence-corrected chi connectivity index (χ1v) is 9.38. The Morgan fingerprint density at radius 2 is 1.90 bits per heavy atom. The highest BCUT2D eigenvalue weighted by molar-refractivity contribution is 6.01. The lowest BCUT2D eigenvalue weighted by Gasteiger charge is -2.29. The Morgan fingerprint density at radius 1 is 1.13 bits per heavy atom. The number of ether oxygens (including phenoxy) is 3. The number of anilines is 1. The van der Waals surface area contributed by atoms with E-state index in [0.717, 1.165) is 12.1 Å². The third-order valence-electron chi connectivity index (χ3n) is 5.26. The van der Waals surface area contributed by atoms with Gasteiger partial charge in [0.1, 0.15) is 11.6 Å². The Kier molecular flexibility index (Phi) is 5.22. The minimum atomic E-state index is -1.13. The Balaban J connectivity index is 1.64. The molecule has 4 rings (SSSR count). The van der Waals surface area contributed by atoms with E-state index in [2.05, 4.69) is 5.32 Å². The highest BCUT2D eigenvalue weighted by Crippen LogP contribution is 2.45. The van der Waals surface area contributed by atoms with Crippen LogP contribution < -0.4 is 14.8 Å². The Bertz CT molecular complexity index is 1090. The van der Waals surface area contributed by atoms with Crippen molar-refractivity contribution in [3.63, 3.8) is 0 Å². The summed E-state index contributed by atoms with van der Waals surface area (Å²) in [4.78, 5) is 39.2. The number of carbonyl (C=O) groups excluding carboxylic acids is 3. The van der Waals surface area contributed by atoms with Crippen LogP contribution in [0.25, 0.3) is 0 Å². The number of esters is 1. The number of rotatable bonds is 5. The zero-order valence-corrected chi connectivity index (χ0v) is 16.6. The van der Waals surface area contributed by atoms with Gasteiger partial charge < -0.3 is 19.5 Å². The van der Waals surface area contributed by atoms with Gasteiger partial charge in [-0.3, -0.25) is 14.5 Å². The van der Waals surface area contributed by atoms with E-state index in [9.17, 15) is 23.2 Å². The molecule has 0 spiro atoms.